The maximum atomic E-state index is 12.4. The molecule has 2 aromatic carbocycles. The molecule has 2 aromatic rings. The lowest BCUT2D eigenvalue weighted by atomic mass is 9.96. The van der Waals surface area contributed by atoms with Crippen molar-refractivity contribution in [2.75, 3.05) is 13.1 Å². The van der Waals surface area contributed by atoms with E-state index in [0.717, 1.165) is 31.5 Å². The van der Waals surface area contributed by atoms with Gasteiger partial charge in [-0.1, -0.05) is 42.5 Å². The van der Waals surface area contributed by atoms with E-state index in [2.05, 4.69) is 41.0 Å². The van der Waals surface area contributed by atoms with E-state index < -0.39 is 0 Å². The molecular formula is C18H22N2O. The second kappa shape index (κ2) is 6.27. The van der Waals surface area contributed by atoms with Crippen LogP contribution in [0.25, 0.3) is 10.8 Å². The molecule has 0 spiro atoms. The molecular weight excluding hydrogens is 260 g/mol. The summed E-state index contributed by atoms with van der Waals surface area (Å²) in [6, 6.07) is 14.8. The predicted octanol–water partition coefficient (Wildman–Crippen LogP) is 2.81. The topological polar surface area (TPSA) is 41.1 Å². The molecule has 1 aliphatic rings. The van der Waals surface area contributed by atoms with Gasteiger partial charge in [0.25, 0.3) is 0 Å². The molecule has 0 aliphatic carbocycles. The van der Waals surface area contributed by atoms with Crippen LogP contribution in [0, 0.1) is 0 Å². The number of carbonyl (C=O) groups excluding carboxylic acids is 1. The van der Waals surface area contributed by atoms with Crippen molar-refractivity contribution in [1.29, 1.82) is 0 Å². The molecule has 3 heteroatoms. The van der Waals surface area contributed by atoms with Crippen molar-refractivity contribution in [2.45, 2.75) is 31.7 Å². The highest BCUT2D eigenvalue weighted by molar-refractivity contribution is 5.87. The zero-order chi connectivity index (χ0) is 14.7. The highest BCUT2D eigenvalue weighted by Crippen LogP contribution is 2.22. The van der Waals surface area contributed by atoms with Crippen molar-refractivity contribution in [3.05, 3.63) is 48.0 Å². The van der Waals surface area contributed by atoms with Gasteiger partial charge in [0.2, 0.25) is 5.91 Å². The molecule has 1 aliphatic heterocycles. The van der Waals surface area contributed by atoms with Crippen LogP contribution >= 0.6 is 0 Å². The number of rotatable bonds is 3. The van der Waals surface area contributed by atoms with Crippen LogP contribution in [0.2, 0.25) is 0 Å². The number of hydrogen-bond donors (Lipinski definition) is 2. The van der Waals surface area contributed by atoms with Gasteiger partial charge in [-0.2, -0.15) is 0 Å². The summed E-state index contributed by atoms with van der Waals surface area (Å²) in [4.78, 5) is 12.4. The van der Waals surface area contributed by atoms with Crippen LogP contribution < -0.4 is 10.6 Å². The van der Waals surface area contributed by atoms with Crippen molar-refractivity contribution in [3.8, 4) is 0 Å². The first-order valence-corrected chi connectivity index (χ1v) is 7.74. The Bertz CT molecular complexity index is 632. The highest BCUT2D eigenvalue weighted by Gasteiger charge is 2.20. The Morgan fingerprint density at radius 1 is 1.24 bits per heavy atom. The van der Waals surface area contributed by atoms with Gasteiger partial charge in [0.15, 0.2) is 0 Å². The minimum Gasteiger partial charge on any atom is -0.352 e. The molecule has 3 rings (SSSR count). The first kappa shape index (κ1) is 14.1. The molecule has 2 N–H and O–H groups in total. The van der Waals surface area contributed by atoms with E-state index in [9.17, 15) is 4.79 Å². The summed E-state index contributed by atoms with van der Waals surface area (Å²) in [5.74, 6) is 0.00973. The van der Waals surface area contributed by atoms with Gasteiger partial charge in [-0.3, -0.25) is 4.79 Å². The molecule has 2 atom stereocenters. The summed E-state index contributed by atoms with van der Waals surface area (Å²) in [5.41, 5.74) is 1.08. The molecule has 21 heavy (non-hydrogen) atoms. The van der Waals surface area contributed by atoms with Crippen molar-refractivity contribution in [2.24, 2.45) is 0 Å². The minimum atomic E-state index is -0.114. The van der Waals surface area contributed by atoms with E-state index in [1.807, 2.05) is 19.1 Å². The smallest absolute Gasteiger partial charge is 0.227 e. The Morgan fingerprint density at radius 3 is 2.81 bits per heavy atom. The lowest BCUT2D eigenvalue weighted by Crippen LogP contribution is -2.46. The quantitative estimate of drug-likeness (QED) is 0.909. The fourth-order valence-corrected chi connectivity index (χ4v) is 2.93. The van der Waals surface area contributed by atoms with Crippen LogP contribution in [0.4, 0.5) is 0 Å². The first-order valence-electron chi connectivity index (χ1n) is 7.74. The van der Waals surface area contributed by atoms with E-state index in [4.69, 9.17) is 0 Å². The summed E-state index contributed by atoms with van der Waals surface area (Å²) in [6.45, 7) is 3.93. The Morgan fingerprint density at radius 2 is 2.05 bits per heavy atom. The minimum absolute atomic E-state index is 0.114. The average Bonchev–Trinajstić information content (AvgIpc) is 2.54. The second-order valence-electron chi connectivity index (χ2n) is 5.88. The Kier molecular flexibility index (Phi) is 4.20. The maximum Gasteiger partial charge on any atom is 0.227 e. The third kappa shape index (κ3) is 3.24. The summed E-state index contributed by atoms with van der Waals surface area (Å²) in [7, 11) is 0. The van der Waals surface area contributed by atoms with Gasteiger partial charge in [-0.15, -0.1) is 0 Å². The lowest BCUT2D eigenvalue weighted by molar-refractivity contribution is -0.123. The molecule has 1 amide bonds. The SMILES string of the molecule is CC(C(=O)N[C@H]1CCCNC1)c1ccc2ccccc2c1. The van der Waals surface area contributed by atoms with Crippen LogP contribution in [-0.4, -0.2) is 25.0 Å². The Hall–Kier alpha value is -1.87. The number of hydrogen-bond acceptors (Lipinski definition) is 2. The summed E-state index contributed by atoms with van der Waals surface area (Å²) in [6.07, 6.45) is 2.21. The number of nitrogens with one attached hydrogen (secondary N) is 2. The van der Waals surface area contributed by atoms with Crippen LogP contribution in [-0.2, 0) is 4.79 Å². The summed E-state index contributed by atoms with van der Waals surface area (Å²) in [5, 5.41) is 8.89. The number of benzene rings is 2. The lowest BCUT2D eigenvalue weighted by Gasteiger charge is -2.25. The van der Waals surface area contributed by atoms with E-state index in [0.29, 0.717) is 0 Å². The molecule has 0 aromatic heterocycles. The number of amides is 1. The molecule has 0 bridgehead atoms. The van der Waals surface area contributed by atoms with Crippen molar-refractivity contribution in [1.82, 2.24) is 10.6 Å². The predicted molar refractivity (Wildman–Crippen MR) is 86.4 cm³/mol. The third-order valence-corrected chi connectivity index (χ3v) is 4.31. The van der Waals surface area contributed by atoms with Gasteiger partial charge in [-0.25, -0.2) is 0 Å². The molecule has 1 saturated heterocycles. The summed E-state index contributed by atoms with van der Waals surface area (Å²) < 4.78 is 0. The van der Waals surface area contributed by atoms with E-state index in [1.165, 1.54) is 10.8 Å². The summed E-state index contributed by atoms with van der Waals surface area (Å²) >= 11 is 0. The van der Waals surface area contributed by atoms with Crippen molar-refractivity contribution >= 4 is 16.7 Å². The number of piperidine rings is 1. The number of fused-ring (bicyclic) bond motifs is 1. The molecule has 1 unspecified atom stereocenters. The van der Waals surface area contributed by atoms with Gasteiger partial charge < -0.3 is 10.6 Å². The Balaban J connectivity index is 1.72. The largest absolute Gasteiger partial charge is 0.352 e. The van der Waals surface area contributed by atoms with Gasteiger partial charge in [-0.05, 0) is 42.6 Å². The van der Waals surface area contributed by atoms with Crippen LogP contribution in [0.1, 0.15) is 31.2 Å². The standard InChI is InChI=1S/C18H22N2O/c1-13(18(21)20-17-7-4-10-19-12-17)15-9-8-14-5-2-3-6-16(14)11-15/h2-3,5-6,8-9,11,13,17,19H,4,7,10,12H2,1H3,(H,20,21)/t13?,17-/m0/s1. The molecule has 0 radical (unpaired) electrons. The fourth-order valence-electron chi connectivity index (χ4n) is 2.93. The Labute approximate surface area is 125 Å². The molecule has 1 heterocycles. The number of carbonyl (C=O) groups is 1. The van der Waals surface area contributed by atoms with E-state index >= 15 is 0 Å². The maximum absolute atomic E-state index is 12.4. The van der Waals surface area contributed by atoms with E-state index in [-0.39, 0.29) is 17.9 Å². The second-order valence-corrected chi connectivity index (χ2v) is 5.88. The van der Waals surface area contributed by atoms with Gasteiger partial charge in [0, 0.05) is 12.6 Å². The van der Waals surface area contributed by atoms with Crippen molar-refractivity contribution < 1.29 is 4.79 Å². The van der Waals surface area contributed by atoms with Crippen LogP contribution in [0.5, 0.6) is 0 Å². The van der Waals surface area contributed by atoms with E-state index in [1.54, 1.807) is 0 Å². The normalized spacial score (nSPS) is 20.1. The van der Waals surface area contributed by atoms with Crippen LogP contribution in [0.15, 0.2) is 42.5 Å². The highest BCUT2D eigenvalue weighted by atomic mass is 16.1. The molecule has 1 fully saturated rings. The van der Waals surface area contributed by atoms with Gasteiger partial charge in [0.05, 0.1) is 5.92 Å². The van der Waals surface area contributed by atoms with Crippen LogP contribution in [0.3, 0.4) is 0 Å². The molecule has 3 nitrogen and oxygen atoms in total. The van der Waals surface area contributed by atoms with Crippen molar-refractivity contribution in [3.63, 3.8) is 0 Å². The zero-order valence-corrected chi connectivity index (χ0v) is 12.4. The van der Waals surface area contributed by atoms with Gasteiger partial charge >= 0.3 is 0 Å². The molecule has 110 valence electrons. The molecule has 0 saturated carbocycles. The average molecular weight is 282 g/mol. The third-order valence-electron chi connectivity index (χ3n) is 4.31. The first-order chi connectivity index (χ1) is 10.2. The monoisotopic (exact) mass is 282 g/mol. The zero-order valence-electron chi connectivity index (χ0n) is 12.4. The van der Waals surface area contributed by atoms with Gasteiger partial charge in [0.1, 0.15) is 0 Å². The fraction of sp³-hybridized carbons (Fsp3) is 0.389.